The molecule has 0 nitrogen and oxygen atoms in total. The van der Waals surface area contributed by atoms with E-state index in [2.05, 4.69) is 0 Å². The molecule has 0 aliphatic rings. The minimum Gasteiger partial charge on any atom is -0.206 e. The van der Waals surface area contributed by atoms with Gasteiger partial charge in [0.15, 0.2) is 0 Å². The molecule has 1 aromatic carbocycles. The van der Waals surface area contributed by atoms with Crippen LogP contribution in [0.25, 0.3) is 0 Å². The molecule has 1 aromatic rings. The summed E-state index contributed by atoms with van der Waals surface area (Å²) in [4.78, 5) is 0. The average molecular weight is 134 g/mol. The highest BCUT2D eigenvalue weighted by molar-refractivity contribution is 6.32. The van der Waals surface area contributed by atoms with Crippen LogP contribution >= 0.6 is 0 Å². The van der Waals surface area contributed by atoms with E-state index in [0.29, 0.717) is 16.6 Å². The van der Waals surface area contributed by atoms with Gasteiger partial charge in [-0.3, -0.25) is 0 Å². The monoisotopic (exact) mass is 134 g/mol. The maximum absolute atomic E-state index is 12.9. The zero-order valence-electron chi connectivity index (χ0n) is 6.11. The minimum atomic E-state index is -0.158. The Bertz CT molecular complexity index is 232. The fourth-order valence-corrected chi connectivity index (χ4v) is 0.979. The Labute approximate surface area is 61.5 Å². The van der Waals surface area contributed by atoms with Crippen LogP contribution in [0.5, 0.6) is 0 Å². The van der Waals surface area contributed by atoms with Crippen molar-refractivity contribution in [3.8, 4) is 0 Å². The molecule has 50 valence electrons. The maximum Gasteiger partial charge on any atom is 0.128 e. The fraction of sp³-hybridized carbons (Fsp3) is 0.250. The Balaban J connectivity index is 3.31. The fourth-order valence-electron chi connectivity index (χ4n) is 0.979. The van der Waals surface area contributed by atoms with Crippen molar-refractivity contribution >= 4 is 13.3 Å². The second-order valence-electron chi connectivity index (χ2n) is 2.47. The van der Waals surface area contributed by atoms with Crippen molar-refractivity contribution in [3.05, 3.63) is 29.1 Å². The van der Waals surface area contributed by atoms with Gasteiger partial charge in [-0.15, -0.1) is 0 Å². The molecule has 0 fully saturated rings. The molecule has 0 N–H and O–H groups in total. The molecule has 0 aliphatic carbocycles. The summed E-state index contributed by atoms with van der Waals surface area (Å²) < 4.78 is 12.9. The molecular formula is C8H8BF. The zero-order chi connectivity index (χ0) is 7.72. The summed E-state index contributed by atoms with van der Waals surface area (Å²) in [7, 11) is 5.46. The summed E-state index contributed by atoms with van der Waals surface area (Å²) in [5.41, 5.74) is 1.84. The van der Waals surface area contributed by atoms with Crippen LogP contribution < -0.4 is 5.46 Å². The quantitative estimate of drug-likeness (QED) is 0.468. The second-order valence-corrected chi connectivity index (χ2v) is 2.47. The highest BCUT2D eigenvalue weighted by atomic mass is 19.1. The van der Waals surface area contributed by atoms with E-state index in [4.69, 9.17) is 7.85 Å². The summed E-state index contributed by atoms with van der Waals surface area (Å²) >= 11 is 0. The van der Waals surface area contributed by atoms with Gasteiger partial charge in [0.1, 0.15) is 13.7 Å². The molecule has 0 amide bonds. The lowest BCUT2D eigenvalue weighted by atomic mass is 9.92. The van der Waals surface area contributed by atoms with Crippen LogP contribution in [-0.2, 0) is 0 Å². The van der Waals surface area contributed by atoms with E-state index in [-0.39, 0.29) is 5.82 Å². The predicted molar refractivity (Wildman–Crippen MR) is 41.3 cm³/mol. The Morgan fingerprint density at radius 2 is 1.60 bits per heavy atom. The molecule has 0 aromatic heterocycles. The van der Waals surface area contributed by atoms with Gasteiger partial charge in [0.05, 0.1) is 0 Å². The van der Waals surface area contributed by atoms with Crippen molar-refractivity contribution in [2.75, 3.05) is 0 Å². The van der Waals surface area contributed by atoms with Crippen LogP contribution in [0.3, 0.4) is 0 Å². The first-order chi connectivity index (χ1) is 4.61. The molecule has 10 heavy (non-hydrogen) atoms. The standard InChI is InChI=1S/C8H8BF/c1-5-3-7(9)4-6(2)8(5)10/h3-4H,1-2H3. The van der Waals surface area contributed by atoms with E-state index in [0.717, 1.165) is 0 Å². The lowest BCUT2D eigenvalue weighted by Crippen LogP contribution is -2.05. The average Bonchev–Trinajstić information content (AvgIpc) is 1.82. The normalized spacial score (nSPS) is 9.90. The van der Waals surface area contributed by atoms with Gasteiger partial charge in [0.2, 0.25) is 0 Å². The minimum absolute atomic E-state index is 0.158. The van der Waals surface area contributed by atoms with Gasteiger partial charge in [-0.1, -0.05) is 17.6 Å². The van der Waals surface area contributed by atoms with Crippen molar-refractivity contribution in [1.82, 2.24) is 0 Å². The number of aryl methyl sites for hydroxylation is 2. The number of benzene rings is 1. The molecule has 2 radical (unpaired) electrons. The molecule has 0 saturated carbocycles. The first-order valence-electron chi connectivity index (χ1n) is 3.13. The molecule has 0 heterocycles. The van der Waals surface area contributed by atoms with Crippen LogP contribution in [0.1, 0.15) is 11.1 Å². The van der Waals surface area contributed by atoms with E-state index >= 15 is 0 Å². The van der Waals surface area contributed by atoms with Crippen LogP contribution in [0.2, 0.25) is 0 Å². The molecule has 0 unspecified atom stereocenters. The third kappa shape index (κ3) is 1.20. The van der Waals surface area contributed by atoms with Gasteiger partial charge in [0.25, 0.3) is 0 Å². The van der Waals surface area contributed by atoms with Crippen molar-refractivity contribution in [2.45, 2.75) is 13.8 Å². The van der Waals surface area contributed by atoms with Gasteiger partial charge in [0, 0.05) is 0 Å². The van der Waals surface area contributed by atoms with Crippen LogP contribution in [0.4, 0.5) is 4.39 Å². The van der Waals surface area contributed by atoms with Gasteiger partial charge in [-0.05, 0) is 25.0 Å². The Kier molecular flexibility index (Phi) is 1.79. The van der Waals surface area contributed by atoms with Crippen LogP contribution in [0.15, 0.2) is 12.1 Å². The summed E-state index contributed by atoms with van der Waals surface area (Å²) in [5.74, 6) is -0.158. The lowest BCUT2D eigenvalue weighted by Gasteiger charge is -2.01. The second kappa shape index (κ2) is 2.45. The van der Waals surface area contributed by atoms with E-state index in [1.54, 1.807) is 26.0 Å². The predicted octanol–water partition coefficient (Wildman–Crippen LogP) is 1.24. The van der Waals surface area contributed by atoms with E-state index in [1.165, 1.54) is 0 Å². The highest BCUT2D eigenvalue weighted by Gasteiger charge is 1.99. The van der Waals surface area contributed by atoms with Gasteiger partial charge in [-0.2, -0.15) is 0 Å². The molecule has 0 aliphatic heterocycles. The van der Waals surface area contributed by atoms with Crippen molar-refractivity contribution in [1.29, 1.82) is 0 Å². The summed E-state index contributed by atoms with van der Waals surface area (Å²) in [6.07, 6.45) is 0. The Morgan fingerprint density at radius 1 is 1.20 bits per heavy atom. The Hall–Kier alpha value is -0.785. The SMILES string of the molecule is [B]c1cc(C)c(F)c(C)c1. The van der Waals surface area contributed by atoms with Crippen LogP contribution in [0, 0.1) is 19.7 Å². The number of hydrogen-bond acceptors (Lipinski definition) is 0. The summed E-state index contributed by atoms with van der Waals surface area (Å²) in [5, 5.41) is 0. The highest BCUT2D eigenvalue weighted by Crippen LogP contribution is 2.07. The molecule has 0 bridgehead atoms. The van der Waals surface area contributed by atoms with E-state index < -0.39 is 0 Å². The zero-order valence-corrected chi connectivity index (χ0v) is 6.11. The Morgan fingerprint density at radius 3 is 2.00 bits per heavy atom. The smallest absolute Gasteiger partial charge is 0.128 e. The van der Waals surface area contributed by atoms with Crippen molar-refractivity contribution in [3.63, 3.8) is 0 Å². The topological polar surface area (TPSA) is 0 Å². The summed E-state index contributed by atoms with van der Waals surface area (Å²) in [6, 6.07) is 3.25. The molecule has 0 spiro atoms. The number of halogens is 1. The molecule has 2 heteroatoms. The van der Waals surface area contributed by atoms with E-state index in [9.17, 15) is 4.39 Å². The van der Waals surface area contributed by atoms with Gasteiger partial charge >= 0.3 is 0 Å². The molecule has 0 atom stereocenters. The van der Waals surface area contributed by atoms with Crippen LogP contribution in [-0.4, -0.2) is 7.85 Å². The molecular weight excluding hydrogens is 126 g/mol. The third-order valence-corrected chi connectivity index (χ3v) is 1.46. The maximum atomic E-state index is 12.9. The lowest BCUT2D eigenvalue weighted by molar-refractivity contribution is 0.610. The molecule has 1 rings (SSSR count). The largest absolute Gasteiger partial charge is 0.206 e. The molecule has 0 saturated heterocycles. The first kappa shape index (κ1) is 7.32. The number of rotatable bonds is 0. The summed E-state index contributed by atoms with van der Waals surface area (Å²) in [6.45, 7) is 3.41. The van der Waals surface area contributed by atoms with Gasteiger partial charge in [-0.25, -0.2) is 4.39 Å². The van der Waals surface area contributed by atoms with Gasteiger partial charge < -0.3 is 0 Å². The van der Waals surface area contributed by atoms with Crippen molar-refractivity contribution < 1.29 is 4.39 Å². The third-order valence-electron chi connectivity index (χ3n) is 1.46. The number of hydrogen-bond donors (Lipinski definition) is 0. The first-order valence-corrected chi connectivity index (χ1v) is 3.13. The van der Waals surface area contributed by atoms with E-state index in [1.807, 2.05) is 0 Å². The van der Waals surface area contributed by atoms with Crippen molar-refractivity contribution in [2.24, 2.45) is 0 Å².